The lowest BCUT2D eigenvalue weighted by Gasteiger charge is -2.19. The van der Waals surface area contributed by atoms with Crippen molar-refractivity contribution in [3.8, 4) is 5.75 Å². The van der Waals surface area contributed by atoms with Gasteiger partial charge in [0.2, 0.25) is 0 Å². The van der Waals surface area contributed by atoms with Crippen LogP contribution in [0.1, 0.15) is 29.8 Å². The van der Waals surface area contributed by atoms with Crippen LogP contribution in [0.5, 0.6) is 5.75 Å². The van der Waals surface area contributed by atoms with E-state index in [-0.39, 0.29) is 11.9 Å². The number of halogens is 2. The fraction of sp³-hybridized carbons (Fsp3) is 0.375. The summed E-state index contributed by atoms with van der Waals surface area (Å²) >= 11 is 4.93. The number of methoxy groups -OCH3 is 1. The van der Waals surface area contributed by atoms with E-state index in [4.69, 9.17) is 4.74 Å². The van der Waals surface area contributed by atoms with Crippen LogP contribution < -0.4 is 10.1 Å². The number of rotatable bonds is 7. The van der Waals surface area contributed by atoms with Gasteiger partial charge < -0.3 is 10.1 Å². The normalized spacial score (nSPS) is 12.4. The van der Waals surface area contributed by atoms with E-state index in [2.05, 4.69) is 28.2 Å². The van der Waals surface area contributed by atoms with Gasteiger partial charge in [-0.05, 0) is 64.5 Å². The average molecular weight is 372 g/mol. The number of hydrogen-bond donors (Lipinski definition) is 1. The molecular formula is C16H19BrFNOS. The molecule has 0 saturated heterocycles. The first-order chi connectivity index (χ1) is 10.2. The summed E-state index contributed by atoms with van der Waals surface area (Å²) in [6.07, 6.45) is 1.87. The zero-order chi connectivity index (χ0) is 15.2. The summed E-state index contributed by atoms with van der Waals surface area (Å²) in [5.41, 5.74) is 1.09. The standard InChI is InChI=1S/C16H19BrFNOS/c1-3-7-19-14(16-15(20-2)6-8-21-16)10-11-4-5-13(18)12(17)9-11/h4-6,8-9,14,19H,3,7,10H2,1-2H3. The van der Waals surface area contributed by atoms with Crippen LogP contribution in [0.4, 0.5) is 4.39 Å². The van der Waals surface area contributed by atoms with E-state index in [0.29, 0.717) is 4.47 Å². The molecule has 1 aromatic carbocycles. The van der Waals surface area contributed by atoms with E-state index in [1.165, 1.54) is 10.9 Å². The second-order valence-corrected chi connectivity index (χ2v) is 6.61. The van der Waals surface area contributed by atoms with Gasteiger partial charge in [0.1, 0.15) is 11.6 Å². The molecule has 1 unspecified atom stereocenters. The van der Waals surface area contributed by atoms with Gasteiger partial charge in [-0.15, -0.1) is 11.3 Å². The number of ether oxygens (including phenoxy) is 1. The van der Waals surface area contributed by atoms with E-state index in [9.17, 15) is 4.39 Å². The molecule has 2 aromatic rings. The molecule has 0 spiro atoms. The molecule has 0 amide bonds. The molecule has 114 valence electrons. The van der Waals surface area contributed by atoms with E-state index < -0.39 is 0 Å². The van der Waals surface area contributed by atoms with Crippen molar-refractivity contribution in [1.29, 1.82) is 0 Å². The van der Waals surface area contributed by atoms with Crippen molar-refractivity contribution >= 4 is 27.3 Å². The number of benzene rings is 1. The van der Waals surface area contributed by atoms with Crippen molar-refractivity contribution in [3.63, 3.8) is 0 Å². The molecule has 21 heavy (non-hydrogen) atoms. The van der Waals surface area contributed by atoms with E-state index in [1.54, 1.807) is 18.4 Å². The SMILES string of the molecule is CCCNC(Cc1ccc(F)c(Br)c1)c1sccc1OC. The zero-order valence-corrected chi connectivity index (χ0v) is 14.6. The van der Waals surface area contributed by atoms with Crippen molar-refractivity contribution in [3.05, 3.63) is 50.4 Å². The lowest BCUT2D eigenvalue weighted by atomic mass is 10.0. The van der Waals surface area contributed by atoms with Crippen LogP contribution in [0.25, 0.3) is 0 Å². The molecular weight excluding hydrogens is 353 g/mol. The molecule has 1 heterocycles. The van der Waals surface area contributed by atoms with Gasteiger partial charge in [0, 0.05) is 6.04 Å². The molecule has 1 atom stereocenters. The van der Waals surface area contributed by atoms with Crippen molar-refractivity contribution in [2.24, 2.45) is 0 Å². The zero-order valence-electron chi connectivity index (χ0n) is 12.2. The third-order valence-electron chi connectivity index (χ3n) is 3.26. The topological polar surface area (TPSA) is 21.3 Å². The van der Waals surface area contributed by atoms with Gasteiger partial charge in [0.05, 0.1) is 16.5 Å². The van der Waals surface area contributed by atoms with Crippen molar-refractivity contribution in [2.75, 3.05) is 13.7 Å². The van der Waals surface area contributed by atoms with Crippen LogP contribution >= 0.6 is 27.3 Å². The number of nitrogens with one attached hydrogen (secondary N) is 1. The maximum absolute atomic E-state index is 13.4. The Kier molecular flexibility index (Phi) is 6.21. The minimum atomic E-state index is -0.231. The van der Waals surface area contributed by atoms with Crippen molar-refractivity contribution in [1.82, 2.24) is 5.32 Å². The third kappa shape index (κ3) is 4.28. The maximum Gasteiger partial charge on any atom is 0.137 e. The molecule has 0 aliphatic heterocycles. The fourth-order valence-corrected chi connectivity index (χ4v) is 3.57. The summed E-state index contributed by atoms with van der Waals surface area (Å²) in [5, 5.41) is 5.59. The van der Waals surface area contributed by atoms with Gasteiger partial charge in [-0.25, -0.2) is 4.39 Å². The second-order valence-electron chi connectivity index (χ2n) is 4.81. The highest BCUT2D eigenvalue weighted by Gasteiger charge is 2.18. The lowest BCUT2D eigenvalue weighted by Crippen LogP contribution is -2.23. The minimum Gasteiger partial charge on any atom is -0.496 e. The summed E-state index contributed by atoms with van der Waals surface area (Å²) in [4.78, 5) is 1.19. The first-order valence-electron chi connectivity index (χ1n) is 6.94. The van der Waals surface area contributed by atoms with E-state index >= 15 is 0 Å². The smallest absolute Gasteiger partial charge is 0.137 e. The van der Waals surface area contributed by atoms with Gasteiger partial charge in [-0.1, -0.05) is 13.0 Å². The van der Waals surface area contributed by atoms with Gasteiger partial charge >= 0.3 is 0 Å². The van der Waals surface area contributed by atoms with Crippen LogP contribution in [-0.2, 0) is 6.42 Å². The molecule has 0 saturated carbocycles. The Hall–Kier alpha value is -0.910. The van der Waals surface area contributed by atoms with Crippen LogP contribution in [0, 0.1) is 5.82 Å². The highest BCUT2D eigenvalue weighted by molar-refractivity contribution is 9.10. The van der Waals surface area contributed by atoms with Crippen LogP contribution in [0.3, 0.4) is 0 Å². The quantitative estimate of drug-likeness (QED) is 0.743. The minimum absolute atomic E-state index is 0.178. The maximum atomic E-state index is 13.4. The first-order valence-corrected chi connectivity index (χ1v) is 8.61. The molecule has 1 aromatic heterocycles. The molecule has 2 rings (SSSR count). The molecule has 5 heteroatoms. The summed E-state index contributed by atoms with van der Waals surface area (Å²) in [6, 6.07) is 7.34. The number of thiophene rings is 1. The Bertz CT molecular complexity index is 587. The molecule has 2 nitrogen and oxygen atoms in total. The molecule has 0 aliphatic rings. The van der Waals surface area contributed by atoms with Crippen molar-refractivity contribution in [2.45, 2.75) is 25.8 Å². The van der Waals surface area contributed by atoms with Gasteiger partial charge in [-0.2, -0.15) is 0 Å². The van der Waals surface area contributed by atoms with Gasteiger partial charge in [0.15, 0.2) is 0 Å². The summed E-state index contributed by atoms with van der Waals surface area (Å²) in [6.45, 7) is 3.08. The predicted molar refractivity (Wildman–Crippen MR) is 89.7 cm³/mol. The Morgan fingerprint density at radius 3 is 2.86 bits per heavy atom. The molecule has 1 N–H and O–H groups in total. The van der Waals surface area contributed by atoms with Crippen LogP contribution in [0.2, 0.25) is 0 Å². The summed E-state index contributed by atoms with van der Waals surface area (Å²) < 4.78 is 19.3. The monoisotopic (exact) mass is 371 g/mol. The fourth-order valence-electron chi connectivity index (χ4n) is 2.21. The first kappa shape index (κ1) is 16.5. The molecule has 0 fully saturated rings. The summed E-state index contributed by atoms with van der Waals surface area (Å²) in [5.74, 6) is 0.681. The third-order valence-corrected chi connectivity index (χ3v) is 4.88. The Morgan fingerprint density at radius 1 is 1.38 bits per heavy atom. The largest absolute Gasteiger partial charge is 0.496 e. The molecule has 0 bridgehead atoms. The predicted octanol–water partition coefficient (Wildman–Crippen LogP) is 4.94. The van der Waals surface area contributed by atoms with Crippen molar-refractivity contribution < 1.29 is 9.13 Å². The number of hydrogen-bond acceptors (Lipinski definition) is 3. The van der Waals surface area contributed by atoms with E-state index in [1.807, 2.05) is 23.6 Å². The van der Waals surface area contributed by atoms with Crippen LogP contribution in [0.15, 0.2) is 34.1 Å². The Morgan fingerprint density at radius 2 is 2.19 bits per heavy atom. The lowest BCUT2D eigenvalue weighted by molar-refractivity contribution is 0.402. The second kappa shape index (κ2) is 7.92. The van der Waals surface area contributed by atoms with Crippen LogP contribution in [-0.4, -0.2) is 13.7 Å². The highest BCUT2D eigenvalue weighted by Crippen LogP contribution is 2.33. The summed E-state index contributed by atoms with van der Waals surface area (Å²) in [7, 11) is 1.69. The highest BCUT2D eigenvalue weighted by atomic mass is 79.9. The average Bonchev–Trinajstić information content (AvgIpc) is 2.95. The Labute approximate surface area is 137 Å². The molecule has 0 radical (unpaired) electrons. The van der Waals surface area contributed by atoms with Gasteiger partial charge in [0.25, 0.3) is 0 Å². The van der Waals surface area contributed by atoms with E-state index in [0.717, 1.165) is 30.7 Å². The molecule has 0 aliphatic carbocycles. The Balaban J connectivity index is 2.21. The van der Waals surface area contributed by atoms with Gasteiger partial charge in [-0.3, -0.25) is 0 Å².